The molecule has 0 radical (unpaired) electrons. The van der Waals surface area contributed by atoms with Crippen LogP contribution in [0.3, 0.4) is 0 Å². The van der Waals surface area contributed by atoms with Crippen molar-refractivity contribution in [2.75, 3.05) is 25.5 Å². The van der Waals surface area contributed by atoms with E-state index in [1.807, 2.05) is 0 Å². The number of hydrogen-bond donors (Lipinski definition) is 1. The highest BCUT2D eigenvalue weighted by Gasteiger charge is 2.29. The predicted molar refractivity (Wildman–Crippen MR) is 132 cm³/mol. The standard InChI is InChI=1S/C26H24N6O5/c1-16-30-31-25(36-16)17-3-5-20(6-4-17)37-22-12-19(24(33)29-23-14-27-8-9-28-23)11-21(13-22)35-15-18-7-10-32(2)26(18)34/h3-6,8-9,11-14,18H,7,10,15H2,1-2H3,(H,28,29,33). The zero-order valence-electron chi connectivity index (χ0n) is 20.2. The topological polar surface area (TPSA) is 133 Å². The molecule has 0 bridgehead atoms. The maximum atomic E-state index is 13.0. The molecule has 11 heteroatoms. The Balaban J connectivity index is 1.36. The Morgan fingerprint density at radius 1 is 1.11 bits per heavy atom. The van der Waals surface area contributed by atoms with Crippen molar-refractivity contribution in [3.05, 3.63) is 72.5 Å². The molecule has 2 aromatic carbocycles. The summed E-state index contributed by atoms with van der Waals surface area (Å²) in [6.07, 6.45) is 5.17. The number of anilines is 1. The molecule has 1 aliphatic rings. The minimum Gasteiger partial charge on any atom is -0.493 e. The molecule has 3 heterocycles. The summed E-state index contributed by atoms with van der Waals surface area (Å²) in [5, 5.41) is 10.6. The maximum absolute atomic E-state index is 13.0. The maximum Gasteiger partial charge on any atom is 0.257 e. The van der Waals surface area contributed by atoms with Crippen LogP contribution in [0, 0.1) is 12.8 Å². The van der Waals surface area contributed by atoms with E-state index < -0.39 is 5.91 Å². The van der Waals surface area contributed by atoms with Crippen LogP contribution in [0.4, 0.5) is 5.82 Å². The van der Waals surface area contributed by atoms with Crippen LogP contribution in [0.15, 0.2) is 65.5 Å². The average molecular weight is 501 g/mol. The second kappa shape index (κ2) is 10.4. The number of aryl methyl sites for hydroxylation is 1. The van der Waals surface area contributed by atoms with Gasteiger partial charge in [0.15, 0.2) is 5.82 Å². The normalized spacial score (nSPS) is 15.0. The van der Waals surface area contributed by atoms with Gasteiger partial charge in [0, 0.05) is 50.1 Å². The van der Waals surface area contributed by atoms with Gasteiger partial charge in [0.1, 0.15) is 17.2 Å². The fourth-order valence-electron chi connectivity index (χ4n) is 3.86. The van der Waals surface area contributed by atoms with E-state index in [1.54, 1.807) is 61.3 Å². The van der Waals surface area contributed by atoms with Crippen LogP contribution in [-0.4, -0.2) is 57.1 Å². The van der Waals surface area contributed by atoms with Crippen molar-refractivity contribution in [3.8, 4) is 28.7 Å². The predicted octanol–water partition coefficient (Wildman–Crippen LogP) is 3.74. The molecule has 1 fully saturated rings. The van der Waals surface area contributed by atoms with E-state index in [1.165, 1.54) is 18.6 Å². The third-order valence-corrected chi connectivity index (χ3v) is 5.80. The number of nitrogens with one attached hydrogen (secondary N) is 1. The van der Waals surface area contributed by atoms with Crippen molar-refractivity contribution in [1.29, 1.82) is 0 Å². The van der Waals surface area contributed by atoms with Crippen LogP contribution in [0.1, 0.15) is 22.7 Å². The summed E-state index contributed by atoms with van der Waals surface area (Å²) in [7, 11) is 1.77. The average Bonchev–Trinajstić information content (AvgIpc) is 3.48. The summed E-state index contributed by atoms with van der Waals surface area (Å²) >= 11 is 0. The summed E-state index contributed by atoms with van der Waals surface area (Å²) in [5.74, 6) is 1.93. The van der Waals surface area contributed by atoms with Gasteiger partial charge < -0.3 is 24.1 Å². The molecule has 1 unspecified atom stereocenters. The van der Waals surface area contributed by atoms with Crippen molar-refractivity contribution >= 4 is 17.6 Å². The van der Waals surface area contributed by atoms with Gasteiger partial charge in [-0.1, -0.05) is 0 Å². The lowest BCUT2D eigenvalue weighted by Crippen LogP contribution is -2.25. The van der Waals surface area contributed by atoms with Crippen LogP contribution in [0.2, 0.25) is 0 Å². The van der Waals surface area contributed by atoms with Crippen molar-refractivity contribution in [2.24, 2.45) is 5.92 Å². The monoisotopic (exact) mass is 500 g/mol. The number of ether oxygens (including phenoxy) is 2. The van der Waals surface area contributed by atoms with Gasteiger partial charge in [-0.15, -0.1) is 10.2 Å². The van der Waals surface area contributed by atoms with E-state index in [9.17, 15) is 9.59 Å². The van der Waals surface area contributed by atoms with Gasteiger partial charge in [-0.3, -0.25) is 14.6 Å². The fraction of sp³-hybridized carbons (Fsp3) is 0.231. The Hall–Kier alpha value is -4.80. The van der Waals surface area contributed by atoms with Crippen LogP contribution in [0.5, 0.6) is 17.2 Å². The first-order valence-electron chi connectivity index (χ1n) is 11.6. The highest BCUT2D eigenvalue weighted by Crippen LogP contribution is 2.30. The summed E-state index contributed by atoms with van der Waals surface area (Å²) in [6, 6.07) is 12.0. The van der Waals surface area contributed by atoms with E-state index in [0.717, 1.165) is 12.0 Å². The van der Waals surface area contributed by atoms with Gasteiger partial charge in [-0.25, -0.2) is 4.98 Å². The first-order chi connectivity index (χ1) is 17.9. The first kappa shape index (κ1) is 23.9. The molecule has 1 atom stereocenters. The van der Waals surface area contributed by atoms with Gasteiger partial charge in [0.25, 0.3) is 5.91 Å². The Morgan fingerprint density at radius 3 is 2.59 bits per heavy atom. The summed E-state index contributed by atoms with van der Waals surface area (Å²) < 4.78 is 17.4. The van der Waals surface area contributed by atoms with Gasteiger partial charge in [0.05, 0.1) is 18.7 Å². The third kappa shape index (κ3) is 5.72. The minimum absolute atomic E-state index is 0.0459. The summed E-state index contributed by atoms with van der Waals surface area (Å²) in [5.41, 5.74) is 1.05. The summed E-state index contributed by atoms with van der Waals surface area (Å²) in [6.45, 7) is 2.62. The number of benzene rings is 2. The molecule has 2 aromatic heterocycles. The Labute approximate surface area is 212 Å². The highest BCUT2D eigenvalue weighted by molar-refractivity contribution is 6.04. The Bertz CT molecular complexity index is 1410. The van der Waals surface area contributed by atoms with E-state index in [0.29, 0.717) is 47.0 Å². The molecule has 0 saturated carbocycles. The zero-order valence-corrected chi connectivity index (χ0v) is 20.2. The van der Waals surface area contributed by atoms with Crippen molar-refractivity contribution in [2.45, 2.75) is 13.3 Å². The second-order valence-electron chi connectivity index (χ2n) is 8.55. The van der Waals surface area contributed by atoms with E-state index >= 15 is 0 Å². The number of rotatable bonds is 8. The smallest absolute Gasteiger partial charge is 0.257 e. The van der Waals surface area contributed by atoms with Crippen molar-refractivity contribution in [1.82, 2.24) is 25.1 Å². The lowest BCUT2D eigenvalue weighted by Gasteiger charge is -2.14. The highest BCUT2D eigenvalue weighted by atomic mass is 16.5. The van der Waals surface area contributed by atoms with E-state index in [2.05, 4.69) is 25.5 Å². The molecular weight excluding hydrogens is 476 g/mol. The lowest BCUT2D eigenvalue weighted by atomic mass is 10.1. The Morgan fingerprint density at radius 2 is 1.92 bits per heavy atom. The molecule has 188 valence electrons. The third-order valence-electron chi connectivity index (χ3n) is 5.80. The summed E-state index contributed by atoms with van der Waals surface area (Å²) in [4.78, 5) is 35.0. The molecule has 1 N–H and O–H groups in total. The molecule has 5 rings (SSSR count). The second-order valence-corrected chi connectivity index (χ2v) is 8.55. The fourth-order valence-corrected chi connectivity index (χ4v) is 3.86. The largest absolute Gasteiger partial charge is 0.493 e. The number of amides is 2. The van der Waals surface area contributed by atoms with Gasteiger partial charge in [-0.05, 0) is 42.8 Å². The van der Waals surface area contributed by atoms with Crippen LogP contribution in [-0.2, 0) is 4.79 Å². The van der Waals surface area contributed by atoms with Crippen molar-refractivity contribution < 1.29 is 23.5 Å². The number of nitrogens with zero attached hydrogens (tertiary/aromatic N) is 5. The van der Waals surface area contributed by atoms with Crippen LogP contribution >= 0.6 is 0 Å². The zero-order chi connectivity index (χ0) is 25.8. The molecule has 0 aliphatic carbocycles. The first-order valence-corrected chi connectivity index (χ1v) is 11.6. The van der Waals surface area contributed by atoms with Crippen LogP contribution in [0.25, 0.3) is 11.5 Å². The SMILES string of the molecule is Cc1nnc(-c2ccc(Oc3cc(OCC4CCN(C)C4=O)cc(C(=O)Nc4cnccn4)c3)cc2)o1. The molecule has 2 amide bonds. The Kier molecular flexibility index (Phi) is 6.75. The van der Waals surface area contributed by atoms with Gasteiger partial charge in [0.2, 0.25) is 17.7 Å². The number of aromatic nitrogens is 4. The molecular formula is C26H24N6O5. The molecule has 0 spiro atoms. The van der Waals surface area contributed by atoms with Crippen molar-refractivity contribution in [3.63, 3.8) is 0 Å². The number of carbonyl (C=O) groups is 2. The number of carbonyl (C=O) groups excluding carboxylic acids is 2. The van der Waals surface area contributed by atoms with Gasteiger partial charge in [-0.2, -0.15) is 0 Å². The molecule has 4 aromatic rings. The number of hydrogen-bond acceptors (Lipinski definition) is 9. The lowest BCUT2D eigenvalue weighted by molar-refractivity contribution is -0.130. The minimum atomic E-state index is -0.408. The molecule has 11 nitrogen and oxygen atoms in total. The molecule has 1 saturated heterocycles. The van der Waals surface area contributed by atoms with E-state index in [4.69, 9.17) is 13.9 Å². The quantitative estimate of drug-likeness (QED) is 0.384. The number of likely N-dealkylation sites (tertiary alicyclic amines) is 1. The van der Waals surface area contributed by atoms with Gasteiger partial charge >= 0.3 is 0 Å². The molecule has 1 aliphatic heterocycles. The molecule has 37 heavy (non-hydrogen) atoms. The van der Waals surface area contributed by atoms with E-state index in [-0.39, 0.29) is 18.4 Å². The van der Waals surface area contributed by atoms with Crippen LogP contribution < -0.4 is 14.8 Å².